The lowest BCUT2D eigenvalue weighted by atomic mass is 10.1. The predicted octanol–water partition coefficient (Wildman–Crippen LogP) is 1.87. The maximum atomic E-state index is 11.2. The topological polar surface area (TPSA) is 97.6 Å². The van der Waals surface area contributed by atoms with Crippen molar-refractivity contribution in [3.05, 3.63) is 38.9 Å². The van der Waals surface area contributed by atoms with E-state index in [1.165, 1.54) is 0 Å². The molecule has 0 spiro atoms. The average molecular weight is 208 g/mol. The lowest BCUT2D eigenvalue weighted by Gasteiger charge is -1.95. The van der Waals surface area contributed by atoms with Gasteiger partial charge in [-0.2, -0.15) is 0 Å². The van der Waals surface area contributed by atoms with Gasteiger partial charge in [0.05, 0.1) is 12.0 Å². The molecule has 7 nitrogen and oxygen atoms in total. The minimum atomic E-state index is -0.800. The van der Waals surface area contributed by atoms with Crippen LogP contribution in [-0.4, -0.2) is 18.0 Å². The summed E-state index contributed by atoms with van der Waals surface area (Å²) >= 11 is 0. The normalized spacial score (nSPS) is 9.07. The first-order valence-electron chi connectivity index (χ1n) is 3.82. The Balaban J connectivity index is 3.33. The van der Waals surface area contributed by atoms with E-state index in [1.807, 2.05) is 0 Å². The summed E-state index contributed by atoms with van der Waals surface area (Å²) in [6, 6.07) is 3.27. The third kappa shape index (κ3) is 2.05. The molecule has 15 heavy (non-hydrogen) atoms. The number of methoxy groups -OCH3 is 1. The molecule has 0 unspecified atom stereocenters. The Morgan fingerprint density at radius 3 is 2.73 bits per heavy atom. The van der Waals surface area contributed by atoms with E-state index >= 15 is 0 Å². The van der Waals surface area contributed by atoms with Crippen molar-refractivity contribution >= 4 is 17.3 Å². The third-order valence-electron chi connectivity index (χ3n) is 1.70. The van der Waals surface area contributed by atoms with Gasteiger partial charge < -0.3 is 4.74 Å². The highest BCUT2D eigenvalue weighted by Crippen LogP contribution is 2.24. The van der Waals surface area contributed by atoms with E-state index in [4.69, 9.17) is 5.39 Å². The molecule has 0 N–H and O–H groups in total. The van der Waals surface area contributed by atoms with E-state index in [2.05, 4.69) is 9.71 Å². The van der Waals surface area contributed by atoms with Crippen LogP contribution < -0.4 is 0 Å². The number of non-ortho nitro benzene ring substituents is 1. The van der Waals surface area contributed by atoms with Crippen molar-refractivity contribution in [3.63, 3.8) is 0 Å². The minimum absolute atomic E-state index is 0.0764. The van der Waals surface area contributed by atoms with Crippen molar-refractivity contribution in [2.75, 3.05) is 7.11 Å². The Morgan fingerprint density at radius 2 is 2.27 bits per heavy atom. The summed E-state index contributed by atoms with van der Waals surface area (Å²) in [7, 11) is 1.13. The Morgan fingerprint density at radius 1 is 1.60 bits per heavy atom. The summed E-state index contributed by atoms with van der Waals surface area (Å²) in [5.41, 5.74) is -0.510. The number of nitro benzene ring substituents is 1. The molecule has 0 heterocycles. The van der Waals surface area contributed by atoms with Crippen LogP contribution in [0.15, 0.2) is 18.2 Å². The summed E-state index contributed by atoms with van der Waals surface area (Å²) in [6.45, 7) is 0. The van der Waals surface area contributed by atoms with Gasteiger partial charge in [-0.1, -0.05) is 0 Å². The van der Waals surface area contributed by atoms with Crippen LogP contribution in [0.5, 0.6) is 0 Å². The fourth-order valence-corrected chi connectivity index (χ4v) is 0.998. The maximum absolute atomic E-state index is 11.2. The number of hydrogen-bond donors (Lipinski definition) is 0. The van der Waals surface area contributed by atoms with Gasteiger partial charge in [0.15, 0.2) is 10.5 Å². The fraction of sp³-hybridized carbons (Fsp3) is 0.125. The minimum Gasteiger partial charge on any atom is -0.465 e. The van der Waals surface area contributed by atoms with Crippen molar-refractivity contribution in [3.8, 4) is 0 Å². The standard InChI is InChI=1S/C8H6N3O4/c1-15-8(12)6-4-5(11(13)14)2-3-7(6)10-9/h2-4H,1H3/q+1. The molecule has 0 bridgehead atoms. The van der Waals surface area contributed by atoms with Crippen LogP contribution >= 0.6 is 0 Å². The summed E-state index contributed by atoms with van der Waals surface area (Å²) < 4.78 is 4.38. The van der Waals surface area contributed by atoms with E-state index in [9.17, 15) is 14.9 Å². The molecule has 0 radical (unpaired) electrons. The largest absolute Gasteiger partial charge is 0.465 e. The van der Waals surface area contributed by atoms with E-state index < -0.39 is 10.9 Å². The molecule has 0 saturated carbocycles. The van der Waals surface area contributed by atoms with Gasteiger partial charge in [-0.15, -0.1) is 0 Å². The van der Waals surface area contributed by atoms with Crippen molar-refractivity contribution in [1.29, 1.82) is 5.39 Å². The average Bonchev–Trinajstić information content (AvgIpc) is 2.27. The molecule has 0 aliphatic heterocycles. The molecule has 0 atom stereocenters. The SMILES string of the molecule is COC(=O)c1cc([N+](=O)[O-])ccc1[N+]#N. The summed E-state index contributed by atoms with van der Waals surface area (Å²) in [5.74, 6) is -0.800. The first-order chi connectivity index (χ1) is 7.10. The van der Waals surface area contributed by atoms with E-state index in [1.54, 1.807) is 0 Å². The predicted molar refractivity (Wildman–Crippen MR) is 49.2 cm³/mol. The lowest BCUT2D eigenvalue weighted by molar-refractivity contribution is -0.384. The molecule has 0 fully saturated rings. The number of ether oxygens (including phenoxy) is 1. The van der Waals surface area contributed by atoms with E-state index in [0.717, 1.165) is 25.3 Å². The highest BCUT2D eigenvalue weighted by atomic mass is 16.6. The third-order valence-corrected chi connectivity index (χ3v) is 1.70. The molecule has 0 aromatic heterocycles. The zero-order chi connectivity index (χ0) is 11.4. The first-order valence-corrected chi connectivity index (χ1v) is 3.82. The van der Waals surface area contributed by atoms with Gasteiger partial charge in [-0.3, -0.25) is 10.1 Å². The molecule has 0 aliphatic rings. The van der Waals surface area contributed by atoms with Gasteiger partial charge in [0.1, 0.15) is 0 Å². The molecule has 1 rings (SSSR count). The number of carbonyl (C=O) groups is 1. The Hall–Kier alpha value is -2.49. The molecule has 1 aromatic rings. The smallest absolute Gasteiger partial charge is 0.400 e. The molecular weight excluding hydrogens is 202 g/mol. The van der Waals surface area contributed by atoms with Crippen LogP contribution in [0, 0.1) is 15.5 Å². The molecular formula is C8H6N3O4+. The Kier molecular flexibility index (Phi) is 2.93. The number of nitrogens with zero attached hydrogens (tertiary/aromatic N) is 3. The lowest BCUT2D eigenvalue weighted by Crippen LogP contribution is -2.02. The number of carbonyl (C=O) groups excluding carboxylic acids is 1. The van der Waals surface area contributed by atoms with E-state index in [0.29, 0.717) is 0 Å². The molecule has 0 aliphatic carbocycles. The zero-order valence-electron chi connectivity index (χ0n) is 7.71. The number of rotatable bonds is 2. The van der Waals surface area contributed by atoms with Crippen LogP contribution in [-0.2, 0) is 4.74 Å². The van der Waals surface area contributed by atoms with Crippen LogP contribution in [0.3, 0.4) is 0 Å². The summed E-state index contributed by atoms with van der Waals surface area (Å²) in [5, 5.41) is 19.0. The number of diazo groups is 1. The second-order valence-electron chi connectivity index (χ2n) is 2.55. The van der Waals surface area contributed by atoms with Crippen LogP contribution in [0.2, 0.25) is 0 Å². The van der Waals surface area contributed by atoms with Gasteiger partial charge in [-0.25, -0.2) is 4.79 Å². The van der Waals surface area contributed by atoms with Gasteiger partial charge in [0.25, 0.3) is 5.69 Å². The van der Waals surface area contributed by atoms with Crippen molar-refractivity contribution in [1.82, 2.24) is 0 Å². The molecule has 1 aromatic carbocycles. The number of esters is 1. The Bertz CT molecular complexity index is 463. The number of hydrogen-bond acceptors (Lipinski definition) is 5. The van der Waals surface area contributed by atoms with Gasteiger partial charge >= 0.3 is 11.7 Å². The molecule has 0 saturated heterocycles. The summed E-state index contributed by atoms with van der Waals surface area (Å²) in [4.78, 5) is 23.7. The van der Waals surface area contributed by atoms with Crippen molar-refractivity contribution < 1.29 is 14.5 Å². The first kappa shape index (κ1) is 10.6. The van der Waals surface area contributed by atoms with Gasteiger partial charge in [0.2, 0.25) is 5.39 Å². The Labute approximate surface area is 84.0 Å². The van der Waals surface area contributed by atoms with Crippen molar-refractivity contribution in [2.45, 2.75) is 0 Å². The van der Waals surface area contributed by atoms with Gasteiger partial charge in [-0.05, 0) is 0 Å². The molecule has 7 heteroatoms. The fourth-order valence-electron chi connectivity index (χ4n) is 0.998. The highest BCUT2D eigenvalue weighted by Gasteiger charge is 2.24. The second kappa shape index (κ2) is 4.15. The quantitative estimate of drug-likeness (QED) is 0.319. The molecule has 0 amide bonds. The summed E-state index contributed by atoms with van der Waals surface area (Å²) in [6.07, 6.45) is 0. The number of nitro groups is 1. The zero-order valence-corrected chi connectivity index (χ0v) is 7.71. The van der Waals surface area contributed by atoms with Crippen LogP contribution in [0.4, 0.5) is 11.4 Å². The van der Waals surface area contributed by atoms with Crippen LogP contribution in [0.25, 0.3) is 4.98 Å². The highest BCUT2D eigenvalue weighted by molar-refractivity contribution is 5.96. The van der Waals surface area contributed by atoms with Crippen molar-refractivity contribution in [2.24, 2.45) is 0 Å². The molecule has 76 valence electrons. The number of benzene rings is 1. The van der Waals surface area contributed by atoms with Crippen LogP contribution in [0.1, 0.15) is 10.4 Å². The second-order valence-corrected chi connectivity index (χ2v) is 2.55. The van der Waals surface area contributed by atoms with Gasteiger partial charge in [0, 0.05) is 18.2 Å². The monoisotopic (exact) mass is 208 g/mol. The maximum Gasteiger partial charge on any atom is 0.400 e. The van der Waals surface area contributed by atoms with E-state index in [-0.39, 0.29) is 16.9 Å².